The van der Waals surface area contributed by atoms with Gasteiger partial charge in [-0.15, -0.1) is 23.2 Å². The summed E-state index contributed by atoms with van der Waals surface area (Å²) in [7, 11) is 0. The zero-order valence-corrected chi connectivity index (χ0v) is 19.3. The van der Waals surface area contributed by atoms with E-state index in [2.05, 4.69) is 10.3 Å². The van der Waals surface area contributed by atoms with Crippen molar-refractivity contribution < 1.29 is 14.0 Å². The van der Waals surface area contributed by atoms with E-state index >= 15 is 0 Å². The Morgan fingerprint density at radius 3 is 2.31 bits per heavy atom. The molecule has 3 aromatic rings. The highest BCUT2D eigenvalue weighted by atomic mass is 35.5. The quantitative estimate of drug-likeness (QED) is 0.304. The Morgan fingerprint density at radius 1 is 1.00 bits per heavy atom. The summed E-state index contributed by atoms with van der Waals surface area (Å²) in [6.07, 6.45) is 1.47. The summed E-state index contributed by atoms with van der Waals surface area (Å²) in [4.78, 5) is 29.5. The van der Waals surface area contributed by atoms with Crippen molar-refractivity contribution in [2.24, 2.45) is 5.92 Å². The average molecular weight is 512 g/mol. The summed E-state index contributed by atoms with van der Waals surface area (Å²) in [6.45, 7) is 0. The highest BCUT2D eigenvalue weighted by Gasteiger charge is 2.67. The molecule has 0 bridgehead atoms. The first kappa shape index (κ1) is 23.0. The molecule has 2 unspecified atom stereocenters. The van der Waals surface area contributed by atoms with Gasteiger partial charge in [-0.3, -0.25) is 14.6 Å². The fraction of sp³-hybridized carbons (Fsp3) is 0.174. The molecular weight excluding hydrogens is 497 g/mol. The lowest BCUT2D eigenvalue weighted by Gasteiger charge is -2.07. The predicted octanol–water partition coefficient (Wildman–Crippen LogP) is 6.48. The standard InChI is InChI=1S/C23H15Cl4FN2O2/c24-14-8-13(9-15(25)10-14)20-21(23(20,26)27)22(32)30-17-5-6-29-18(11-17)19(31)7-12-1-3-16(28)4-2-12/h1-6,8-11,20-21H,7H2,(H,29,30,32). The van der Waals surface area contributed by atoms with Crippen LogP contribution >= 0.6 is 46.4 Å². The minimum absolute atomic E-state index is 0.0530. The Kier molecular flexibility index (Phi) is 6.46. The van der Waals surface area contributed by atoms with E-state index in [1.54, 1.807) is 24.3 Å². The third kappa shape index (κ3) is 4.91. The van der Waals surface area contributed by atoms with Gasteiger partial charge < -0.3 is 5.32 Å². The summed E-state index contributed by atoms with van der Waals surface area (Å²) in [5, 5.41) is 3.57. The first-order valence-corrected chi connectivity index (χ1v) is 11.0. The van der Waals surface area contributed by atoms with Crippen LogP contribution in [0.4, 0.5) is 10.1 Å². The van der Waals surface area contributed by atoms with E-state index < -0.39 is 22.1 Å². The Morgan fingerprint density at radius 2 is 1.66 bits per heavy atom. The predicted molar refractivity (Wildman–Crippen MR) is 124 cm³/mol. The number of anilines is 1. The van der Waals surface area contributed by atoms with E-state index in [1.807, 2.05) is 0 Å². The Bertz CT molecular complexity index is 1180. The maximum atomic E-state index is 13.1. The van der Waals surface area contributed by atoms with E-state index in [-0.39, 0.29) is 23.7 Å². The van der Waals surface area contributed by atoms with Crippen LogP contribution in [-0.4, -0.2) is 21.0 Å². The number of alkyl halides is 2. The molecule has 1 fully saturated rings. The fourth-order valence-electron chi connectivity index (χ4n) is 3.58. The van der Waals surface area contributed by atoms with Gasteiger partial charge in [0.25, 0.3) is 0 Å². The van der Waals surface area contributed by atoms with Gasteiger partial charge in [-0.05, 0) is 53.6 Å². The number of hydrogen-bond donors (Lipinski definition) is 1. The van der Waals surface area contributed by atoms with Gasteiger partial charge in [0.15, 0.2) is 5.78 Å². The molecule has 4 rings (SSSR count). The Labute approximate surface area is 203 Å². The molecule has 0 radical (unpaired) electrons. The minimum Gasteiger partial charge on any atom is -0.326 e. The summed E-state index contributed by atoms with van der Waals surface area (Å²) in [5.74, 6) is -2.26. The number of hydrogen-bond acceptors (Lipinski definition) is 3. The first-order chi connectivity index (χ1) is 15.1. The number of aromatic nitrogens is 1. The van der Waals surface area contributed by atoms with Crippen molar-refractivity contribution in [3.63, 3.8) is 0 Å². The molecule has 1 N–H and O–H groups in total. The van der Waals surface area contributed by atoms with Crippen LogP contribution in [-0.2, 0) is 11.2 Å². The number of halogens is 5. The van der Waals surface area contributed by atoms with Crippen LogP contribution in [0.1, 0.15) is 27.5 Å². The zero-order chi connectivity index (χ0) is 23.0. The van der Waals surface area contributed by atoms with Gasteiger partial charge in [-0.2, -0.15) is 0 Å². The second-order valence-electron chi connectivity index (χ2n) is 7.48. The number of rotatable bonds is 6. The normalized spacial score (nSPS) is 18.8. The topological polar surface area (TPSA) is 59.1 Å². The second kappa shape index (κ2) is 8.99. The lowest BCUT2D eigenvalue weighted by molar-refractivity contribution is -0.117. The van der Waals surface area contributed by atoms with Crippen molar-refractivity contribution in [1.82, 2.24) is 4.98 Å². The summed E-state index contributed by atoms with van der Waals surface area (Å²) in [5.41, 5.74) is 1.87. The highest BCUT2D eigenvalue weighted by Crippen LogP contribution is 2.65. The van der Waals surface area contributed by atoms with E-state index in [0.29, 0.717) is 26.9 Å². The van der Waals surface area contributed by atoms with Crippen LogP contribution in [0, 0.1) is 11.7 Å². The number of amides is 1. The molecule has 0 aliphatic heterocycles. The second-order valence-corrected chi connectivity index (χ2v) is 9.80. The molecule has 2 atom stereocenters. The fourth-order valence-corrected chi connectivity index (χ4v) is 4.95. The van der Waals surface area contributed by atoms with Gasteiger partial charge in [0.05, 0.1) is 5.92 Å². The number of nitrogens with zero attached hydrogens (tertiary/aromatic N) is 1. The third-order valence-corrected chi connectivity index (χ3v) is 6.55. The molecule has 1 aliphatic rings. The number of pyridine rings is 1. The summed E-state index contributed by atoms with van der Waals surface area (Å²) < 4.78 is 11.7. The number of benzene rings is 2. The number of carbonyl (C=O) groups is 2. The van der Waals surface area contributed by atoms with Crippen LogP contribution in [0.2, 0.25) is 10.0 Å². The van der Waals surface area contributed by atoms with Crippen molar-refractivity contribution in [3.8, 4) is 0 Å². The molecule has 1 aliphatic carbocycles. The van der Waals surface area contributed by atoms with Crippen molar-refractivity contribution in [1.29, 1.82) is 0 Å². The van der Waals surface area contributed by atoms with E-state index in [0.717, 1.165) is 0 Å². The van der Waals surface area contributed by atoms with Crippen molar-refractivity contribution in [2.45, 2.75) is 16.7 Å². The van der Waals surface area contributed by atoms with Gasteiger partial charge in [-0.25, -0.2) is 4.39 Å². The molecule has 1 aromatic heterocycles. The van der Waals surface area contributed by atoms with Crippen LogP contribution in [0.5, 0.6) is 0 Å². The molecule has 1 amide bonds. The van der Waals surface area contributed by atoms with Crippen molar-refractivity contribution in [3.05, 3.63) is 93.5 Å². The minimum atomic E-state index is -1.31. The molecular formula is C23H15Cl4FN2O2. The lowest BCUT2D eigenvalue weighted by atomic mass is 10.1. The molecule has 9 heteroatoms. The zero-order valence-electron chi connectivity index (χ0n) is 16.3. The molecule has 32 heavy (non-hydrogen) atoms. The van der Waals surface area contributed by atoms with Crippen LogP contribution in [0.3, 0.4) is 0 Å². The molecule has 0 spiro atoms. The molecule has 2 aromatic carbocycles. The SMILES string of the molecule is O=C(Cc1ccc(F)cc1)c1cc(NC(=O)C2C(c3cc(Cl)cc(Cl)c3)C2(Cl)Cl)ccn1. The third-order valence-electron chi connectivity index (χ3n) is 5.17. The summed E-state index contributed by atoms with van der Waals surface area (Å²) in [6, 6.07) is 13.6. The van der Waals surface area contributed by atoms with Crippen molar-refractivity contribution in [2.75, 3.05) is 5.32 Å². The first-order valence-electron chi connectivity index (χ1n) is 9.53. The number of Topliss-reactive ketones (excluding diaryl/α,β-unsaturated/α-hetero) is 1. The largest absolute Gasteiger partial charge is 0.326 e. The van der Waals surface area contributed by atoms with Gasteiger partial charge in [0.2, 0.25) is 5.91 Å². The molecule has 164 valence electrons. The van der Waals surface area contributed by atoms with Crippen LogP contribution in [0.25, 0.3) is 0 Å². The molecule has 0 saturated heterocycles. The summed E-state index contributed by atoms with van der Waals surface area (Å²) >= 11 is 24.9. The highest BCUT2D eigenvalue weighted by molar-refractivity contribution is 6.53. The Balaban J connectivity index is 1.47. The van der Waals surface area contributed by atoms with E-state index in [4.69, 9.17) is 46.4 Å². The van der Waals surface area contributed by atoms with Gasteiger partial charge in [0.1, 0.15) is 15.8 Å². The monoisotopic (exact) mass is 510 g/mol. The maximum Gasteiger partial charge on any atom is 0.231 e. The number of carbonyl (C=O) groups excluding carboxylic acids is 2. The number of ketones is 1. The van der Waals surface area contributed by atoms with Gasteiger partial charge >= 0.3 is 0 Å². The molecule has 4 nitrogen and oxygen atoms in total. The van der Waals surface area contributed by atoms with Crippen molar-refractivity contribution >= 4 is 63.8 Å². The smallest absolute Gasteiger partial charge is 0.231 e. The lowest BCUT2D eigenvalue weighted by Crippen LogP contribution is -2.17. The maximum absolute atomic E-state index is 13.1. The van der Waals surface area contributed by atoms with Gasteiger partial charge in [0, 0.05) is 34.3 Å². The van der Waals surface area contributed by atoms with E-state index in [1.165, 1.54) is 36.5 Å². The van der Waals surface area contributed by atoms with Crippen LogP contribution in [0.15, 0.2) is 60.8 Å². The van der Waals surface area contributed by atoms with Gasteiger partial charge in [-0.1, -0.05) is 35.3 Å². The van der Waals surface area contributed by atoms with E-state index in [9.17, 15) is 14.0 Å². The number of nitrogens with one attached hydrogen (secondary N) is 1. The molecule has 1 saturated carbocycles. The average Bonchev–Trinajstić information content (AvgIpc) is 3.31. The van der Waals surface area contributed by atoms with Crippen LogP contribution < -0.4 is 5.32 Å². The Hall–Kier alpha value is -2.18. The molecule has 1 heterocycles.